The van der Waals surface area contributed by atoms with E-state index in [0.29, 0.717) is 0 Å². The van der Waals surface area contributed by atoms with Crippen LogP contribution in [0.5, 0.6) is 0 Å². The van der Waals surface area contributed by atoms with E-state index in [0.717, 1.165) is 11.4 Å². The van der Waals surface area contributed by atoms with Crippen LogP contribution in [0.15, 0.2) is 24.8 Å². The number of hydrogen-bond acceptors (Lipinski definition) is 3. The molecule has 0 saturated heterocycles. The fourth-order valence-corrected chi connectivity index (χ4v) is 1.52. The molecule has 2 heterocycles. The lowest BCUT2D eigenvalue weighted by molar-refractivity contribution is 0.617. The van der Waals surface area contributed by atoms with Crippen LogP contribution in [0.1, 0.15) is 17.4 Å². The van der Waals surface area contributed by atoms with Crippen LogP contribution in [0.3, 0.4) is 0 Å². The summed E-state index contributed by atoms with van der Waals surface area (Å²) in [6, 6.07) is 0.0914. The molecule has 0 saturated carbocycles. The Morgan fingerprint density at radius 2 is 2.43 bits per heavy atom. The van der Waals surface area contributed by atoms with Crippen LogP contribution < -0.4 is 5.32 Å². The van der Waals surface area contributed by atoms with Crippen LogP contribution in [0.25, 0.3) is 0 Å². The Labute approximate surface area is 82.2 Å². The first-order valence-electron chi connectivity index (χ1n) is 4.46. The number of nitrogens with zero attached hydrogens (tertiary/aromatic N) is 3. The van der Waals surface area contributed by atoms with Gasteiger partial charge < -0.3 is 9.88 Å². The summed E-state index contributed by atoms with van der Waals surface area (Å²) in [6.45, 7) is 0. The molecule has 2 N–H and O–H groups in total. The number of aromatic nitrogens is 4. The van der Waals surface area contributed by atoms with Gasteiger partial charge in [0.25, 0.3) is 0 Å². The molecule has 0 aliphatic heterocycles. The smallest absolute Gasteiger partial charge is 0.130 e. The summed E-state index contributed by atoms with van der Waals surface area (Å²) >= 11 is 0. The largest absolute Gasteiger partial charge is 0.336 e. The Hall–Kier alpha value is -1.62. The Morgan fingerprint density at radius 3 is 2.93 bits per heavy atom. The molecule has 2 aromatic rings. The second-order valence-corrected chi connectivity index (χ2v) is 3.15. The minimum absolute atomic E-state index is 0.0914. The van der Waals surface area contributed by atoms with E-state index < -0.39 is 0 Å². The van der Waals surface area contributed by atoms with Gasteiger partial charge in [-0.25, -0.2) is 4.98 Å². The molecular weight excluding hydrogens is 178 g/mol. The average Bonchev–Trinajstić information content (AvgIpc) is 2.80. The second kappa shape index (κ2) is 3.63. The minimum atomic E-state index is 0.0914. The van der Waals surface area contributed by atoms with E-state index in [9.17, 15) is 0 Å². The van der Waals surface area contributed by atoms with E-state index in [4.69, 9.17) is 0 Å². The Morgan fingerprint density at radius 1 is 1.57 bits per heavy atom. The van der Waals surface area contributed by atoms with Crippen LogP contribution in [-0.2, 0) is 7.05 Å². The average molecular weight is 191 g/mol. The fraction of sp³-hybridized carbons (Fsp3) is 0.333. The Balaban J connectivity index is 2.36. The number of aromatic amines is 1. The van der Waals surface area contributed by atoms with Crippen molar-refractivity contribution in [2.75, 3.05) is 7.05 Å². The van der Waals surface area contributed by atoms with Crippen LogP contribution in [0, 0.1) is 0 Å². The van der Waals surface area contributed by atoms with Gasteiger partial charge >= 0.3 is 0 Å². The van der Waals surface area contributed by atoms with Crippen molar-refractivity contribution in [3.63, 3.8) is 0 Å². The van der Waals surface area contributed by atoms with Crippen LogP contribution >= 0.6 is 0 Å². The molecule has 0 bridgehead atoms. The van der Waals surface area contributed by atoms with Gasteiger partial charge in [0, 0.05) is 31.2 Å². The second-order valence-electron chi connectivity index (χ2n) is 3.15. The molecule has 2 rings (SSSR count). The standard InChI is InChI=1S/C9H13N5/c1-10-8(7-5-12-13-6-7)9-11-3-4-14(9)2/h3-6,8,10H,1-2H3,(H,12,13). The van der Waals surface area contributed by atoms with Crippen molar-refractivity contribution < 1.29 is 0 Å². The van der Waals surface area contributed by atoms with Crippen molar-refractivity contribution >= 4 is 0 Å². The van der Waals surface area contributed by atoms with Crippen molar-refractivity contribution in [1.82, 2.24) is 25.1 Å². The van der Waals surface area contributed by atoms with Gasteiger partial charge in [0.2, 0.25) is 0 Å². The fourth-order valence-electron chi connectivity index (χ4n) is 1.52. The summed E-state index contributed by atoms with van der Waals surface area (Å²) in [5.41, 5.74) is 1.09. The summed E-state index contributed by atoms with van der Waals surface area (Å²) in [7, 11) is 3.89. The molecule has 0 spiro atoms. The topological polar surface area (TPSA) is 58.5 Å². The van der Waals surface area contributed by atoms with E-state index in [-0.39, 0.29) is 6.04 Å². The monoisotopic (exact) mass is 191 g/mol. The summed E-state index contributed by atoms with van der Waals surface area (Å²) in [6.07, 6.45) is 7.39. The zero-order valence-electron chi connectivity index (χ0n) is 8.23. The van der Waals surface area contributed by atoms with E-state index in [2.05, 4.69) is 20.5 Å². The third-order valence-corrected chi connectivity index (χ3v) is 2.26. The zero-order valence-corrected chi connectivity index (χ0v) is 8.23. The number of rotatable bonds is 3. The molecule has 0 radical (unpaired) electrons. The molecule has 0 aliphatic rings. The minimum Gasteiger partial charge on any atom is -0.336 e. The maximum absolute atomic E-state index is 4.30. The van der Waals surface area contributed by atoms with Crippen molar-refractivity contribution in [1.29, 1.82) is 0 Å². The quantitative estimate of drug-likeness (QED) is 0.740. The molecule has 0 aliphatic carbocycles. The summed E-state index contributed by atoms with van der Waals surface area (Å²) in [5.74, 6) is 0.980. The van der Waals surface area contributed by atoms with Gasteiger partial charge in [0.05, 0.1) is 12.2 Å². The first kappa shape index (κ1) is 8.96. The van der Waals surface area contributed by atoms with E-state index in [1.807, 2.05) is 31.1 Å². The van der Waals surface area contributed by atoms with Gasteiger partial charge in [-0.2, -0.15) is 5.10 Å². The van der Waals surface area contributed by atoms with E-state index >= 15 is 0 Å². The molecular formula is C9H13N5. The molecule has 5 heteroatoms. The predicted molar refractivity (Wildman–Crippen MR) is 52.7 cm³/mol. The maximum atomic E-state index is 4.30. The third kappa shape index (κ3) is 1.42. The summed E-state index contributed by atoms with van der Waals surface area (Å²) in [5, 5.41) is 9.93. The molecule has 0 amide bonds. The first-order valence-corrected chi connectivity index (χ1v) is 4.46. The van der Waals surface area contributed by atoms with Crippen molar-refractivity contribution in [2.45, 2.75) is 6.04 Å². The first-order chi connectivity index (χ1) is 6.83. The predicted octanol–water partition coefficient (Wildman–Crippen LogP) is 0.452. The van der Waals surface area contributed by atoms with Gasteiger partial charge in [-0.1, -0.05) is 0 Å². The highest BCUT2D eigenvalue weighted by atomic mass is 15.1. The van der Waals surface area contributed by atoms with Gasteiger partial charge in [0.15, 0.2) is 0 Å². The lowest BCUT2D eigenvalue weighted by Crippen LogP contribution is -2.20. The van der Waals surface area contributed by atoms with Crippen LogP contribution in [0.4, 0.5) is 0 Å². The zero-order chi connectivity index (χ0) is 9.97. The van der Waals surface area contributed by atoms with E-state index in [1.165, 1.54) is 0 Å². The number of H-pyrrole nitrogens is 1. The molecule has 1 unspecified atom stereocenters. The van der Waals surface area contributed by atoms with E-state index in [1.54, 1.807) is 12.4 Å². The Kier molecular flexibility index (Phi) is 2.32. The molecule has 1 atom stereocenters. The highest BCUT2D eigenvalue weighted by Gasteiger charge is 2.16. The number of imidazole rings is 1. The molecule has 2 aromatic heterocycles. The molecule has 74 valence electrons. The van der Waals surface area contributed by atoms with Crippen molar-refractivity contribution in [3.05, 3.63) is 36.2 Å². The molecule has 0 aromatic carbocycles. The van der Waals surface area contributed by atoms with Gasteiger partial charge in [-0.15, -0.1) is 0 Å². The third-order valence-electron chi connectivity index (χ3n) is 2.26. The number of nitrogens with one attached hydrogen (secondary N) is 2. The van der Waals surface area contributed by atoms with Crippen LogP contribution in [0.2, 0.25) is 0 Å². The highest BCUT2D eigenvalue weighted by Crippen LogP contribution is 2.17. The summed E-state index contributed by atoms with van der Waals surface area (Å²) < 4.78 is 1.99. The van der Waals surface area contributed by atoms with Crippen molar-refractivity contribution in [2.24, 2.45) is 7.05 Å². The Bertz CT molecular complexity index is 389. The lowest BCUT2D eigenvalue weighted by atomic mass is 10.1. The van der Waals surface area contributed by atoms with Gasteiger partial charge in [-0.3, -0.25) is 5.10 Å². The van der Waals surface area contributed by atoms with Gasteiger partial charge in [0.1, 0.15) is 5.82 Å². The number of hydrogen-bond donors (Lipinski definition) is 2. The normalized spacial score (nSPS) is 13.0. The maximum Gasteiger partial charge on any atom is 0.130 e. The highest BCUT2D eigenvalue weighted by molar-refractivity contribution is 5.19. The molecule has 0 fully saturated rings. The summed E-state index contributed by atoms with van der Waals surface area (Å²) in [4.78, 5) is 4.30. The van der Waals surface area contributed by atoms with Gasteiger partial charge in [-0.05, 0) is 7.05 Å². The molecule has 14 heavy (non-hydrogen) atoms. The van der Waals surface area contributed by atoms with Crippen LogP contribution in [-0.4, -0.2) is 26.8 Å². The lowest BCUT2D eigenvalue weighted by Gasteiger charge is -2.13. The SMILES string of the molecule is CNC(c1cn[nH]c1)c1nccn1C. The van der Waals surface area contributed by atoms with Crippen molar-refractivity contribution in [3.8, 4) is 0 Å². The molecule has 5 nitrogen and oxygen atoms in total. The number of aryl methyl sites for hydroxylation is 1.